The standard InChI is InChI=1S/C16H14N2O3/c1-9-11(4-3-5-12(9)17)15(19)10-6-7-13-14(8-10)21-16(20)18(13)2/h3-8H,17H2,1-2H3. The van der Waals surface area contributed by atoms with Gasteiger partial charge in [-0.2, -0.15) is 0 Å². The second kappa shape index (κ2) is 4.63. The van der Waals surface area contributed by atoms with Crippen molar-refractivity contribution in [2.75, 3.05) is 5.73 Å². The monoisotopic (exact) mass is 282 g/mol. The zero-order chi connectivity index (χ0) is 15.1. The molecular formula is C16H14N2O3. The molecule has 0 fully saturated rings. The number of fused-ring (bicyclic) bond motifs is 1. The Bertz CT molecular complexity index is 919. The van der Waals surface area contributed by atoms with Gasteiger partial charge in [-0.15, -0.1) is 0 Å². The van der Waals surface area contributed by atoms with E-state index in [1.807, 2.05) is 6.92 Å². The van der Waals surface area contributed by atoms with Gasteiger partial charge in [-0.1, -0.05) is 12.1 Å². The molecule has 0 amide bonds. The van der Waals surface area contributed by atoms with E-state index in [0.717, 1.165) is 5.56 Å². The molecule has 2 N–H and O–H groups in total. The summed E-state index contributed by atoms with van der Waals surface area (Å²) in [5.74, 6) is -0.595. The minimum atomic E-state index is -0.449. The quantitative estimate of drug-likeness (QED) is 0.577. The van der Waals surface area contributed by atoms with Gasteiger partial charge in [-0.05, 0) is 36.8 Å². The van der Waals surface area contributed by atoms with E-state index in [0.29, 0.717) is 27.9 Å². The first-order chi connectivity index (χ1) is 9.99. The molecule has 106 valence electrons. The van der Waals surface area contributed by atoms with Gasteiger partial charge in [-0.25, -0.2) is 4.79 Å². The lowest BCUT2D eigenvalue weighted by molar-refractivity contribution is 0.103. The highest BCUT2D eigenvalue weighted by atomic mass is 16.4. The molecule has 5 nitrogen and oxygen atoms in total. The van der Waals surface area contributed by atoms with Crippen molar-refractivity contribution >= 4 is 22.6 Å². The summed E-state index contributed by atoms with van der Waals surface area (Å²) < 4.78 is 6.51. The van der Waals surface area contributed by atoms with Crippen molar-refractivity contribution in [1.29, 1.82) is 0 Å². The van der Waals surface area contributed by atoms with Crippen molar-refractivity contribution in [1.82, 2.24) is 4.57 Å². The number of carbonyl (C=O) groups is 1. The smallest absolute Gasteiger partial charge is 0.408 e. The topological polar surface area (TPSA) is 78.2 Å². The Labute approximate surface area is 120 Å². The van der Waals surface area contributed by atoms with Gasteiger partial charge in [-0.3, -0.25) is 9.36 Å². The van der Waals surface area contributed by atoms with Crippen LogP contribution in [0.3, 0.4) is 0 Å². The summed E-state index contributed by atoms with van der Waals surface area (Å²) in [6, 6.07) is 10.2. The predicted octanol–water partition coefficient (Wildman–Crippen LogP) is 2.25. The van der Waals surface area contributed by atoms with Crippen LogP contribution in [-0.2, 0) is 7.05 Å². The maximum Gasteiger partial charge on any atom is 0.419 e. The van der Waals surface area contributed by atoms with E-state index in [1.54, 1.807) is 43.4 Å². The minimum absolute atomic E-state index is 0.145. The maximum absolute atomic E-state index is 12.6. The van der Waals surface area contributed by atoms with Crippen LogP contribution in [0.5, 0.6) is 0 Å². The minimum Gasteiger partial charge on any atom is -0.408 e. The van der Waals surface area contributed by atoms with E-state index in [1.165, 1.54) is 4.57 Å². The van der Waals surface area contributed by atoms with E-state index in [-0.39, 0.29) is 5.78 Å². The van der Waals surface area contributed by atoms with Gasteiger partial charge in [0, 0.05) is 23.9 Å². The highest BCUT2D eigenvalue weighted by molar-refractivity contribution is 6.11. The van der Waals surface area contributed by atoms with E-state index in [4.69, 9.17) is 10.2 Å². The molecule has 1 heterocycles. The maximum atomic E-state index is 12.6. The molecule has 0 aliphatic rings. The van der Waals surface area contributed by atoms with Gasteiger partial charge < -0.3 is 10.2 Å². The van der Waals surface area contributed by atoms with Crippen LogP contribution in [0, 0.1) is 6.92 Å². The fourth-order valence-electron chi connectivity index (χ4n) is 2.33. The molecule has 3 rings (SSSR count). The number of ketones is 1. The van der Waals surface area contributed by atoms with Crippen LogP contribution in [0.25, 0.3) is 11.1 Å². The summed E-state index contributed by atoms with van der Waals surface area (Å²) in [7, 11) is 1.62. The van der Waals surface area contributed by atoms with Crippen LogP contribution in [0.4, 0.5) is 5.69 Å². The normalized spacial score (nSPS) is 11.0. The number of anilines is 1. The lowest BCUT2D eigenvalue weighted by Crippen LogP contribution is -2.08. The molecule has 0 spiro atoms. The molecule has 3 aromatic rings. The Kier molecular flexibility index (Phi) is 2.90. The van der Waals surface area contributed by atoms with E-state index in [9.17, 15) is 9.59 Å². The number of aromatic nitrogens is 1. The van der Waals surface area contributed by atoms with Gasteiger partial charge in [0.1, 0.15) is 0 Å². The van der Waals surface area contributed by atoms with Gasteiger partial charge in [0.2, 0.25) is 0 Å². The fourth-order valence-corrected chi connectivity index (χ4v) is 2.33. The second-order valence-electron chi connectivity index (χ2n) is 4.96. The fraction of sp³-hybridized carbons (Fsp3) is 0.125. The molecule has 0 saturated carbocycles. The second-order valence-corrected chi connectivity index (χ2v) is 4.96. The number of hydrogen-bond acceptors (Lipinski definition) is 4. The largest absolute Gasteiger partial charge is 0.419 e. The predicted molar refractivity (Wildman–Crippen MR) is 80.5 cm³/mol. The molecule has 21 heavy (non-hydrogen) atoms. The Morgan fingerprint density at radius 1 is 1.24 bits per heavy atom. The third-order valence-electron chi connectivity index (χ3n) is 3.67. The molecule has 5 heteroatoms. The number of nitrogens with zero attached hydrogens (tertiary/aromatic N) is 1. The molecule has 0 aliphatic heterocycles. The molecular weight excluding hydrogens is 268 g/mol. The average molecular weight is 282 g/mol. The van der Waals surface area contributed by atoms with Crippen molar-refractivity contribution in [3.8, 4) is 0 Å². The van der Waals surface area contributed by atoms with Crippen molar-refractivity contribution in [3.05, 3.63) is 63.6 Å². The number of benzene rings is 2. The molecule has 0 saturated heterocycles. The number of nitrogen functional groups attached to an aromatic ring is 1. The van der Waals surface area contributed by atoms with E-state index >= 15 is 0 Å². The first-order valence-corrected chi connectivity index (χ1v) is 6.48. The Morgan fingerprint density at radius 2 is 2.00 bits per heavy atom. The number of aryl methyl sites for hydroxylation is 1. The van der Waals surface area contributed by atoms with Crippen molar-refractivity contribution in [2.24, 2.45) is 7.05 Å². The first-order valence-electron chi connectivity index (χ1n) is 6.48. The van der Waals surface area contributed by atoms with Gasteiger partial charge in [0.25, 0.3) is 0 Å². The highest BCUT2D eigenvalue weighted by Crippen LogP contribution is 2.21. The number of rotatable bonds is 2. The van der Waals surface area contributed by atoms with Crippen molar-refractivity contribution in [3.63, 3.8) is 0 Å². The lowest BCUT2D eigenvalue weighted by Gasteiger charge is -2.07. The van der Waals surface area contributed by atoms with Gasteiger partial charge in [0.05, 0.1) is 5.52 Å². The van der Waals surface area contributed by atoms with Gasteiger partial charge in [0.15, 0.2) is 11.4 Å². The lowest BCUT2D eigenvalue weighted by atomic mass is 9.98. The van der Waals surface area contributed by atoms with Gasteiger partial charge >= 0.3 is 5.76 Å². The Hall–Kier alpha value is -2.82. The summed E-state index contributed by atoms with van der Waals surface area (Å²) >= 11 is 0. The SMILES string of the molecule is Cc1c(N)cccc1C(=O)c1ccc2c(c1)oc(=O)n2C. The van der Waals surface area contributed by atoms with Crippen LogP contribution in [0.2, 0.25) is 0 Å². The molecule has 0 unspecified atom stereocenters. The Morgan fingerprint density at radius 3 is 2.76 bits per heavy atom. The number of hydrogen-bond donors (Lipinski definition) is 1. The first kappa shape index (κ1) is 13.2. The summed E-state index contributed by atoms with van der Waals surface area (Å²) in [5.41, 5.74) is 9.22. The molecule has 0 atom stereocenters. The highest BCUT2D eigenvalue weighted by Gasteiger charge is 2.15. The average Bonchev–Trinajstić information content (AvgIpc) is 2.76. The third kappa shape index (κ3) is 2.03. The zero-order valence-electron chi connectivity index (χ0n) is 11.7. The summed E-state index contributed by atoms with van der Waals surface area (Å²) in [5, 5.41) is 0. The number of nitrogens with two attached hydrogens (primary N) is 1. The molecule has 2 aromatic carbocycles. The summed E-state index contributed by atoms with van der Waals surface area (Å²) in [6.07, 6.45) is 0. The van der Waals surface area contributed by atoms with Crippen LogP contribution >= 0.6 is 0 Å². The molecule has 1 aromatic heterocycles. The molecule has 0 bridgehead atoms. The molecule has 0 aliphatic carbocycles. The molecule has 0 radical (unpaired) electrons. The van der Waals surface area contributed by atoms with E-state index in [2.05, 4.69) is 0 Å². The van der Waals surface area contributed by atoms with E-state index < -0.39 is 5.76 Å². The van der Waals surface area contributed by atoms with Crippen molar-refractivity contribution in [2.45, 2.75) is 6.92 Å². The summed E-state index contributed by atoms with van der Waals surface area (Å²) in [6.45, 7) is 1.81. The Balaban J connectivity index is 2.14. The zero-order valence-corrected chi connectivity index (χ0v) is 11.7. The van der Waals surface area contributed by atoms with Crippen LogP contribution in [0.15, 0.2) is 45.6 Å². The van der Waals surface area contributed by atoms with Crippen LogP contribution in [-0.4, -0.2) is 10.4 Å². The van der Waals surface area contributed by atoms with Crippen LogP contribution < -0.4 is 11.5 Å². The number of oxazole rings is 1. The number of carbonyl (C=O) groups excluding carboxylic acids is 1. The van der Waals surface area contributed by atoms with Crippen LogP contribution in [0.1, 0.15) is 21.5 Å². The third-order valence-corrected chi connectivity index (χ3v) is 3.67. The summed E-state index contributed by atoms with van der Waals surface area (Å²) in [4.78, 5) is 24.1. The van der Waals surface area contributed by atoms with Crippen molar-refractivity contribution < 1.29 is 9.21 Å².